The van der Waals surface area contributed by atoms with Gasteiger partial charge >= 0.3 is 0 Å². The fourth-order valence-electron chi connectivity index (χ4n) is 3.31. The van der Waals surface area contributed by atoms with E-state index in [1.807, 2.05) is 18.2 Å². The summed E-state index contributed by atoms with van der Waals surface area (Å²) in [5.41, 5.74) is 3.11. The summed E-state index contributed by atoms with van der Waals surface area (Å²) in [6.45, 7) is 0.651. The van der Waals surface area contributed by atoms with Crippen LogP contribution in [-0.2, 0) is 6.42 Å². The third kappa shape index (κ3) is 2.67. The van der Waals surface area contributed by atoms with Gasteiger partial charge in [0.2, 0.25) is 0 Å². The normalized spacial score (nSPS) is 23.9. The summed E-state index contributed by atoms with van der Waals surface area (Å²) in [6, 6.07) is 14.0. The second-order valence-corrected chi connectivity index (χ2v) is 5.96. The number of hydrogen-bond acceptors (Lipinski definition) is 3. The summed E-state index contributed by atoms with van der Waals surface area (Å²) in [7, 11) is 3.61. The van der Waals surface area contributed by atoms with Gasteiger partial charge in [-0.2, -0.15) is 0 Å². The first kappa shape index (κ1) is 14.9. The Morgan fingerprint density at radius 3 is 2.59 bits per heavy atom. The molecule has 0 saturated carbocycles. The molecule has 4 nitrogen and oxygen atoms in total. The maximum absolute atomic E-state index is 10.4. The number of aromatic hydroxyl groups is 1. The number of rotatable bonds is 3. The van der Waals surface area contributed by atoms with Crippen LogP contribution < -0.4 is 9.64 Å². The highest BCUT2D eigenvalue weighted by Crippen LogP contribution is 2.36. The zero-order valence-corrected chi connectivity index (χ0v) is 12.9. The number of methoxy groups -OCH3 is 1. The van der Waals surface area contributed by atoms with Crippen LogP contribution in [0.5, 0.6) is 11.5 Å². The smallest absolute Gasteiger partial charge is 0.160 e. The van der Waals surface area contributed by atoms with Crippen molar-refractivity contribution < 1.29 is 19.8 Å². The highest BCUT2D eigenvalue weighted by Gasteiger charge is 2.34. The number of hydrogen-bond donors (Lipinski definition) is 3. The Labute approximate surface area is 130 Å². The van der Waals surface area contributed by atoms with E-state index in [0.717, 1.165) is 17.5 Å². The zero-order chi connectivity index (χ0) is 15.7. The van der Waals surface area contributed by atoms with E-state index in [4.69, 9.17) is 4.74 Å². The summed E-state index contributed by atoms with van der Waals surface area (Å²) in [5, 5.41) is 20.5. The van der Waals surface area contributed by atoms with Gasteiger partial charge < -0.3 is 19.8 Å². The van der Waals surface area contributed by atoms with Gasteiger partial charge in [-0.15, -0.1) is 0 Å². The molecule has 0 bridgehead atoms. The average Bonchev–Trinajstić information content (AvgIpc) is 2.52. The molecule has 4 heteroatoms. The van der Waals surface area contributed by atoms with Gasteiger partial charge in [-0.25, -0.2) is 0 Å². The van der Waals surface area contributed by atoms with Crippen molar-refractivity contribution in [2.45, 2.75) is 18.6 Å². The lowest BCUT2D eigenvalue weighted by Gasteiger charge is -2.34. The molecule has 3 rings (SSSR count). The Morgan fingerprint density at radius 2 is 1.91 bits per heavy atom. The topological polar surface area (TPSA) is 54.1 Å². The fourth-order valence-corrected chi connectivity index (χ4v) is 3.31. The zero-order valence-electron chi connectivity index (χ0n) is 12.9. The van der Waals surface area contributed by atoms with Crippen molar-refractivity contribution in [3.63, 3.8) is 0 Å². The van der Waals surface area contributed by atoms with E-state index in [0.29, 0.717) is 12.3 Å². The summed E-state index contributed by atoms with van der Waals surface area (Å²) in [4.78, 5) is 1.24. The largest absolute Gasteiger partial charge is 0.504 e. The molecule has 1 heterocycles. The van der Waals surface area contributed by atoms with E-state index >= 15 is 0 Å². The van der Waals surface area contributed by atoms with Crippen molar-refractivity contribution in [3.8, 4) is 11.5 Å². The number of phenolic OH excluding ortho intramolecular Hbond substituents is 1. The minimum Gasteiger partial charge on any atom is -0.504 e. The van der Waals surface area contributed by atoms with Crippen LogP contribution in [-0.4, -0.2) is 30.9 Å². The molecule has 0 saturated heterocycles. The van der Waals surface area contributed by atoms with E-state index in [1.54, 1.807) is 12.1 Å². The molecule has 1 aliphatic heterocycles. The first-order valence-electron chi connectivity index (χ1n) is 7.55. The lowest BCUT2D eigenvalue weighted by Crippen LogP contribution is -3.11. The van der Waals surface area contributed by atoms with Gasteiger partial charge in [0.15, 0.2) is 11.5 Å². The van der Waals surface area contributed by atoms with Crippen molar-refractivity contribution >= 4 is 0 Å². The Kier molecular flexibility index (Phi) is 4.05. The number of benzene rings is 2. The lowest BCUT2D eigenvalue weighted by molar-refractivity contribution is -0.918. The van der Waals surface area contributed by atoms with Crippen LogP contribution in [0.1, 0.15) is 28.8 Å². The highest BCUT2D eigenvalue weighted by molar-refractivity contribution is 5.49. The van der Waals surface area contributed by atoms with Crippen LogP contribution in [0.2, 0.25) is 0 Å². The van der Waals surface area contributed by atoms with Gasteiger partial charge in [-0.3, -0.25) is 0 Å². The number of likely N-dealkylation sites (N-methyl/N-ethyl adjacent to an activating group) is 1. The molecule has 2 aromatic rings. The Hall–Kier alpha value is -2.04. The predicted octanol–water partition coefficient (Wildman–Crippen LogP) is 1.25. The molecule has 0 radical (unpaired) electrons. The van der Waals surface area contributed by atoms with Crippen molar-refractivity contribution in [1.29, 1.82) is 0 Å². The number of nitrogens with one attached hydrogen (secondary N) is 1. The maximum atomic E-state index is 10.4. The Morgan fingerprint density at radius 1 is 1.18 bits per heavy atom. The van der Waals surface area contributed by atoms with E-state index in [2.05, 4.69) is 19.2 Å². The van der Waals surface area contributed by atoms with Gasteiger partial charge in [-0.05, 0) is 23.3 Å². The number of aliphatic hydroxyl groups is 1. The van der Waals surface area contributed by atoms with Gasteiger partial charge in [0.1, 0.15) is 18.7 Å². The number of ether oxygens (including phenoxy) is 1. The fraction of sp³-hybridized carbons (Fsp3) is 0.333. The lowest BCUT2D eigenvalue weighted by atomic mass is 9.87. The molecule has 116 valence electrons. The summed E-state index contributed by atoms with van der Waals surface area (Å²) < 4.78 is 5.17. The highest BCUT2D eigenvalue weighted by atomic mass is 16.5. The molecular weight excluding hydrogens is 278 g/mol. The van der Waals surface area contributed by atoms with Crippen LogP contribution in [0.15, 0.2) is 42.5 Å². The second kappa shape index (κ2) is 5.99. The van der Waals surface area contributed by atoms with Crippen LogP contribution >= 0.6 is 0 Å². The maximum Gasteiger partial charge on any atom is 0.160 e. The molecule has 0 fully saturated rings. The minimum absolute atomic E-state index is 0.126. The molecule has 0 aliphatic carbocycles. The van der Waals surface area contributed by atoms with Crippen molar-refractivity contribution in [3.05, 3.63) is 59.2 Å². The third-order valence-corrected chi connectivity index (χ3v) is 4.51. The number of quaternary nitrogens is 1. The van der Waals surface area contributed by atoms with Crippen LogP contribution in [0.3, 0.4) is 0 Å². The number of aliphatic hydroxyl groups excluding tert-OH is 1. The van der Waals surface area contributed by atoms with Gasteiger partial charge in [0.05, 0.1) is 14.2 Å². The molecule has 0 amide bonds. The number of phenols is 1. The van der Waals surface area contributed by atoms with Crippen LogP contribution in [0.25, 0.3) is 0 Å². The molecule has 22 heavy (non-hydrogen) atoms. The van der Waals surface area contributed by atoms with Crippen LogP contribution in [0, 0.1) is 0 Å². The SMILES string of the molecule is COc1cc2c(cc1O)[C@H](Cc1ccccc1)[NH+](C)C[C@H]2O. The van der Waals surface area contributed by atoms with Gasteiger partial charge in [0, 0.05) is 12.0 Å². The molecule has 3 atom stereocenters. The van der Waals surface area contributed by atoms with Crippen molar-refractivity contribution in [1.82, 2.24) is 0 Å². The Balaban J connectivity index is 2.01. The molecule has 0 aromatic heterocycles. The van der Waals surface area contributed by atoms with E-state index in [1.165, 1.54) is 17.6 Å². The van der Waals surface area contributed by atoms with Crippen LogP contribution in [0.4, 0.5) is 0 Å². The first-order chi connectivity index (χ1) is 10.6. The predicted molar refractivity (Wildman–Crippen MR) is 84.3 cm³/mol. The standard InChI is InChI=1S/C18H21NO3/c1-19-11-17(21)14-10-18(22-2)16(20)9-13(14)15(19)8-12-6-4-3-5-7-12/h3-7,9-10,15,17,20-21H,8,11H2,1-2H3/p+1/t15-,17+/m0/s1. The quantitative estimate of drug-likeness (QED) is 0.799. The Bertz CT molecular complexity index is 657. The summed E-state index contributed by atoms with van der Waals surface area (Å²) >= 11 is 0. The van der Waals surface area contributed by atoms with Crippen molar-refractivity contribution in [2.75, 3.05) is 20.7 Å². The molecular formula is C18H22NO3+. The second-order valence-electron chi connectivity index (χ2n) is 5.96. The van der Waals surface area contributed by atoms with Gasteiger partial charge in [0.25, 0.3) is 0 Å². The third-order valence-electron chi connectivity index (χ3n) is 4.51. The molecule has 3 N–H and O–H groups in total. The molecule has 1 aliphatic rings. The average molecular weight is 300 g/mol. The summed E-state index contributed by atoms with van der Waals surface area (Å²) in [5.74, 6) is 0.539. The van der Waals surface area contributed by atoms with Gasteiger partial charge in [-0.1, -0.05) is 30.3 Å². The first-order valence-corrected chi connectivity index (χ1v) is 7.55. The monoisotopic (exact) mass is 300 g/mol. The van der Waals surface area contributed by atoms with E-state index in [-0.39, 0.29) is 11.8 Å². The molecule has 0 spiro atoms. The summed E-state index contributed by atoms with van der Waals surface area (Å²) in [6.07, 6.45) is 0.342. The molecule has 1 unspecified atom stereocenters. The molecule has 2 aromatic carbocycles. The van der Waals surface area contributed by atoms with E-state index < -0.39 is 6.10 Å². The van der Waals surface area contributed by atoms with E-state index in [9.17, 15) is 10.2 Å². The number of fused-ring (bicyclic) bond motifs is 1. The van der Waals surface area contributed by atoms with Crippen molar-refractivity contribution in [2.24, 2.45) is 0 Å². The minimum atomic E-state index is -0.531.